The first kappa shape index (κ1) is 13.6. The summed E-state index contributed by atoms with van der Waals surface area (Å²) < 4.78 is 0. The summed E-state index contributed by atoms with van der Waals surface area (Å²) in [4.78, 5) is 22.4. The van der Waals surface area contributed by atoms with E-state index in [1.54, 1.807) is 0 Å². The van der Waals surface area contributed by atoms with E-state index < -0.39 is 0 Å². The summed E-state index contributed by atoms with van der Waals surface area (Å²) in [5.41, 5.74) is 6.43. The quantitative estimate of drug-likeness (QED) is 0.844. The molecule has 1 fully saturated rings. The van der Waals surface area contributed by atoms with Crippen LogP contribution in [0.25, 0.3) is 0 Å². The summed E-state index contributed by atoms with van der Waals surface area (Å²) >= 11 is 0. The van der Waals surface area contributed by atoms with Crippen LogP contribution in [-0.4, -0.2) is 36.0 Å². The molecule has 1 amide bonds. The van der Waals surface area contributed by atoms with Gasteiger partial charge in [-0.15, -0.1) is 0 Å². The molecular weight excluding hydrogens is 242 g/mol. The van der Waals surface area contributed by atoms with Crippen LogP contribution in [0.3, 0.4) is 0 Å². The number of primary amides is 1. The SMILES string of the molecule is CNc1nc(C)nc(N2CCCC(C(N)=O)C2)c1C. The number of hydrogen-bond acceptors (Lipinski definition) is 5. The number of rotatable bonds is 3. The lowest BCUT2D eigenvalue weighted by atomic mass is 9.97. The molecule has 0 radical (unpaired) electrons. The smallest absolute Gasteiger partial charge is 0.222 e. The average Bonchev–Trinajstić information content (AvgIpc) is 2.41. The Kier molecular flexibility index (Phi) is 3.87. The maximum Gasteiger partial charge on any atom is 0.222 e. The molecule has 1 aliphatic heterocycles. The number of amides is 1. The molecule has 1 unspecified atom stereocenters. The molecule has 1 aliphatic rings. The van der Waals surface area contributed by atoms with E-state index in [1.165, 1.54) is 0 Å². The van der Waals surface area contributed by atoms with Crippen LogP contribution in [-0.2, 0) is 4.79 Å². The van der Waals surface area contributed by atoms with E-state index in [1.807, 2.05) is 20.9 Å². The molecule has 0 aromatic carbocycles. The van der Waals surface area contributed by atoms with Crippen molar-refractivity contribution in [2.24, 2.45) is 11.7 Å². The van der Waals surface area contributed by atoms with Crippen molar-refractivity contribution in [3.05, 3.63) is 11.4 Å². The highest BCUT2D eigenvalue weighted by Crippen LogP contribution is 2.27. The van der Waals surface area contributed by atoms with Gasteiger partial charge in [0.2, 0.25) is 5.91 Å². The van der Waals surface area contributed by atoms with Gasteiger partial charge >= 0.3 is 0 Å². The lowest BCUT2D eigenvalue weighted by molar-refractivity contribution is -0.122. The Balaban J connectivity index is 2.30. The summed E-state index contributed by atoms with van der Waals surface area (Å²) in [6.07, 6.45) is 1.83. The molecule has 0 aliphatic carbocycles. The zero-order valence-corrected chi connectivity index (χ0v) is 11.7. The highest BCUT2D eigenvalue weighted by molar-refractivity contribution is 5.77. The fourth-order valence-electron chi connectivity index (χ4n) is 2.57. The van der Waals surface area contributed by atoms with E-state index >= 15 is 0 Å². The van der Waals surface area contributed by atoms with E-state index in [2.05, 4.69) is 20.2 Å². The van der Waals surface area contributed by atoms with Gasteiger partial charge in [-0.25, -0.2) is 9.97 Å². The third kappa shape index (κ3) is 2.77. The molecule has 104 valence electrons. The number of aromatic nitrogens is 2. The predicted octanol–water partition coefficient (Wildman–Crippen LogP) is 0.837. The van der Waals surface area contributed by atoms with Gasteiger partial charge in [0.15, 0.2) is 0 Å². The first-order chi connectivity index (χ1) is 9.02. The third-order valence-electron chi connectivity index (χ3n) is 3.59. The molecule has 19 heavy (non-hydrogen) atoms. The number of nitrogens with two attached hydrogens (primary N) is 1. The van der Waals surface area contributed by atoms with Crippen molar-refractivity contribution in [1.82, 2.24) is 9.97 Å². The van der Waals surface area contributed by atoms with Gasteiger partial charge in [-0.2, -0.15) is 0 Å². The molecule has 1 aromatic rings. The lowest BCUT2D eigenvalue weighted by Crippen LogP contribution is -2.42. The lowest BCUT2D eigenvalue weighted by Gasteiger charge is -2.33. The molecular formula is C13H21N5O. The van der Waals surface area contributed by atoms with Crippen LogP contribution in [0.2, 0.25) is 0 Å². The van der Waals surface area contributed by atoms with Crippen molar-refractivity contribution in [2.45, 2.75) is 26.7 Å². The molecule has 0 spiro atoms. The van der Waals surface area contributed by atoms with Gasteiger partial charge in [0.25, 0.3) is 0 Å². The second-order valence-corrected chi connectivity index (χ2v) is 5.01. The number of hydrogen-bond donors (Lipinski definition) is 2. The Hall–Kier alpha value is -1.85. The van der Waals surface area contributed by atoms with Crippen molar-refractivity contribution in [2.75, 3.05) is 30.4 Å². The number of nitrogens with one attached hydrogen (secondary N) is 1. The second kappa shape index (κ2) is 5.42. The zero-order valence-electron chi connectivity index (χ0n) is 11.7. The molecule has 3 N–H and O–H groups in total. The second-order valence-electron chi connectivity index (χ2n) is 5.01. The van der Waals surface area contributed by atoms with Crippen molar-refractivity contribution < 1.29 is 4.79 Å². The van der Waals surface area contributed by atoms with E-state index in [9.17, 15) is 4.79 Å². The van der Waals surface area contributed by atoms with Crippen LogP contribution in [0.15, 0.2) is 0 Å². The summed E-state index contributed by atoms with van der Waals surface area (Å²) in [5.74, 6) is 2.17. The first-order valence-corrected chi connectivity index (χ1v) is 6.60. The Morgan fingerprint density at radius 1 is 1.42 bits per heavy atom. The summed E-state index contributed by atoms with van der Waals surface area (Å²) in [5, 5.41) is 3.08. The van der Waals surface area contributed by atoms with E-state index in [-0.39, 0.29) is 11.8 Å². The van der Waals surface area contributed by atoms with Crippen LogP contribution < -0.4 is 16.0 Å². The summed E-state index contributed by atoms with van der Waals surface area (Å²) in [6.45, 7) is 5.42. The van der Waals surface area contributed by atoms with Crippen LogP contribution in [0.1, 0.15) is 24.2 Å². The zero-order chi connectivity index (χ0) is 14.0. The Bertz CT molecular complexity index is 488. The standard InChI is InChI=1S/C13H21N5O/c1-8-12(15-3)16-9(2)17-13(8)18-6-4-5-10(7-18)11(14)19/h10H,4-7H2,1-3H3,(H2,14,19)(H,15,16,17). The molecule has 2 heterocycles. The fraction of sp³-hybridized carbons (Fsp3) is 0.615. The number of piperidine rings is 1. The van der Waals surface area contributed by atoms with Gasteiger partial charge in [0.1, 0.15) is 17.5 Å². The van der Waals surface area contributed by atoms with Crippen molar-refractivity contribution >= 4 is 17.5 Å². The largest absolute Gasteiger partial charge is 0.373 e. The van der Waals surface area contributed by atoms with Crippen LogP contribution in [0.5, 0.6) is 0 Å². The van der Waals surface area contributed by atoms with Crippen molar-refractivity contribution in [3.8, 4) is 0 Å². The minimum absolute atomic E-state index is 0.0820. The average molecular weight is 263 g/mol. The normalized spacial score (nSPS) is 19.3. The highest BCUT2D eigenvalue weighted by atomic mass is 16.1. The number of carbonyl (C=O) groups excluding carboxylic acids is 1. The number of aryl methyl sites for hydroxylation is 1. The molecule has 1 saturated heterocycles. The molecule has 6 heteroatoms. The Labute approximate surface area is 113 Å². The molecule has 2 rings (SSSR count). The van der Waals surface area contributed by atoms with E-state index in [0.717, 1.165) is 42.4 Å². The maximum atomic E-state index is 11.4. The van der Waals surface area contributed by atoms with Crippen molar-refractivity contribution in [1.29, 1.82) is 0 Å². The molecule has 1 aromatic heterocycles. The number of anilines is 2. The summed E-state index contributed by atoms with van der Waals surface area (Å²) in [6, 6.07) is 0. The topological polar surface area (TPSA) is 84.1 Å². The number of carbonyl (C=O) groups is 1. The molecule has 0 saturated carbocycles. The molecule has 0 bridgehead atoms. The Morgan fingerprint density at radius 3 is 2.79 bits per heavy atom. The van der Waals surface area contributed by atoms with Crippen LogP contribution in [0.4, 0.5) is 11.6 Å². The molecule has 6 nitrogen and oxygen atoms in total. The Morgan fingerprint density at radius 2 is 2.16 bits per heavy atom. The highest BCUT2D eigenvalue weighted by Gasteiger charge is 2.26. The van der Waals surface area contributed by atoms with Gasteiger partial charge in [-0.1, -0.05) is 0 Å². The van der Waals surface area contributed by atoms with Gasteiger partial charge in [-0.05, 0) is 26.7 Å². The van der Waals surface area contributed by atoms with Gasteiger partial charge in [0.05, 0.1) is 5.92 Å². The summed E-state index contributed by atoms with van der Waals surface area (Å²) in [7, 11) is 1.85. The number of nitrogens with zero attached hydrogens (tertiary/aromatic N) is 3. The van der Waals surface area contributed by atoms with Crippen molar-refractivity contribution in [3.63, 3.8) is 0 Å². The maximum absolute atomic E-state index is 11.4. The molecule has 1 atom stereocenters. The predicted molar refractivity (Wildman–Crippen MR) is 75.2 cm³/mol. The first-order valence-electron chi connectivity index (χ1n) is 6.60. The third-order valence-corrected chi connectivity index (χ3v) is 3.59. The van der Waals surface area contributed by atoms with E-state index in [0.29, 0.717) is 6.54 Å². The van der Waals surface area contributed by atoms with Gasteiger partial charge in [0, 0.05) is 25.7 Å². The fourth-order valence-corrected chi connectivity index (χ4v) is 2.57. The van der Waals surface area contributed by atoms with Crippen LogP contribution >= 0.6 is 0 Å². The van der Waals surface area contributed by atoms with Gasteiger partial charge < -0.3 is 16.0 Å². The van der Waals surface area contributed by atoms with Gasteiger partial charge in [-0.3, -0.25) is 4.79 Å². The monoisotopic (exact) mass is 263 g/mol. The van der Waals surface area contributed by atoms with E-state index in [4.69, 9.17) is 5.73 Å². The minimum Gasteiger partial charge on any atom is -0.373 e. The van der Waals surface area contributed by atoms with Crippen LogP contribution in [0, 0.1) is 19.8 Å². The minimum atomic E-state index is -0.220.